The molecule has 0 aromatic carbocycles. The van der Waals surface area contributed by atoms with Crippen molar-refractivity contribution in [2.45, 2.75) is 0 Å². The molecule has 1 N–H and O–H groups in total. The van der Waals surface area contributed by atoms with Crippen LogP contribution in [0.25, 0.3) is 4.91 Å². The van der Waals surface area contributed by atoms with Crippen molar-refractivity contribution in [3.05, 3.63) is 30.6 Å². The molecule has 1 nitrogen and oxygen atoms in total. The van der Waals surface area contributed by atoms with Gasteiger partial charge in [0.1, 0.15) is 0 Å². The fourth-order valence-electron chi connectivity index (χ4n) is 0.615. The lowest BCUT2D eigenvalue weighted by molar-refractivity contribution is 1.41. The molecule has 0 atom stereocenters. The number of hydrogen-bond donors (Lipinski definition) is 1. The van der Waals surface area contributed by atoms with Crippen molar-refractivity contribution in [2.75, 3.05) is 6.26 Å². The molecule has 1 heterocycles. The molecular formula is C7H9NS. The number of rotatable bonds is 2. The summed E-state index contributed by atoms with van der Waals surface area (Å²) in [4.78, 5) is 4.08. The molecule has 0 aliphatic rings. The van der Waals surface area contributed by atoms with E-state index in [0.29, 0.717) is 0 Å². The van der Waals surface area contributed by atoms with E-state index in [1.165, 1.54) is 5.56 Å². The molecule has 0 aliphatic carbocycles. The van der Waals surface area contributed by atoms with Crippen LogP contribution in [0.2, 0.25) is 0 Å². The summed E-state index contributed by atoms with van der Waals surface area (Å²) in [5.41, 5.74) is 1.18. The first kappa shape index (κ1) is 6.49. The van der Waals surface area contributed by atoms with Gasteiger partial charge in [0.25, 0.3) is 0 Å². The summed E-state index contributed by atoms with van der Waals surface area (Å²) in [7, 11) is 0. The summed E-state index contributed by atoms with van der Waals surface area (Å²) < 4.78 is 0. The van der Waals surface area contributed by atoms with E-state index in [-0.39, 0.29) is 0 Å². The van der Waals surface area contributed by atoms with E-state index in [4.69, 9.17) is 0 Å². The molecule has 1 aromatic heterocycles. The molecular weight excluding hydrogens is 130 g/mol. The Morgan fingerprint density at radius 1 is 1.78 bits per heavy atom. The number of nitrogens with one attached hydrogen (secondary N) is 1. The standard InChI is InChI=1S/C7H9NS/c1-6(9-2)7-3-4-8-5-7/h3-5,8H,1H2,2H3. The van der Waals surface area contributed by atoms with Crippen molar-refractivity contribution < 1.29 is 0 Å². The van der Waals surface area contributed by atoms with Gasteiger partial charge in [0.05, 0.1) is 0 Å². The van der Waals surface area contributed by atoms with Crippen LogP contribution in [-0.2, 0) is 0 Å². The molecule has 0 aliphatic heterocycles. The van der Waals surface area contributed by atoms with Gasteiger partial charge in [-0.3, -0.25) is 0 Å². The van der Waals surface area contributed by atoms with Gasteiger partial charge in [-0.25, -0.2) is 0 Å². The molecule has 0 radical (unpaired) electrons. The van der Waals surface area contributed by atoms with Crippen LogP contribution in [0.5, 0.6) is 0 Å². The lowest BCUT2D eigenvalue weighted by Gasteiger charge is -1.93. The van der Waals surface area contributed by atoms with E-state index in [2.05, 4.69) is 11.6 Å². The zero-order valence-electron chi connectivity index (χ0n) is 5.35. The molecule has 0 unspecified atom stereocenters. The van der Waals surface area contributed by atoms with Crippen molar-refractivity contribution in [2.24, 2.45) is 0 Å². The molecule has 0 spiro atoms. The van der Waals surface area contributed by atoms with Crippen LogP contribution in [0.1, 0.15) is 5.56 Å². The van der Waals surface area contributed by atoms with E-state index in [0.717, 1.165) is 4.91 Å². The second-order valence-electron chi connectivity index (χ2n) is 1.73. The lowest BCUT2D eigenvalue weighted by Crippen LogP contribution is -1.67. The van der Waals surface area contributed by atoms with Gasteiger partial charge >= 0.3 is 0 Å². The second-order valence-corrected chi connectivity index (χ2v) is 2.63. The van der Waals surface area contributed by atoms with Crippen molar-refractivity contribution in [1.29, 1.82) is 0 Å². The normalized spacial score (nSPS) is 9.44. The van der Waals surface area contributed by atoms with Crippen LogP contribution in [0, 0.1) is 0 Å². The predicted octanol–water partition coefficient (Wildman–Crippen LogP) is 2.35. The van der Waals surface area contributed by atoms with Crippen LogP contribution in [-0.4, -0.2) is 11.2 Å². The van der Waals surface area contributed by atoms with Gasteiger partial charge < -0.3 is 4.98 Å². The van der Waals surface area contributed by atoms with Crippen LogP contribution >= 0.6 is 11.8 Å². The predicted molar refractivity (Wildman–Crippen MR) is 43.3 cm³/mol. The zero-order chi connectivity index (χ0) is 6.69. The minimum absolute atomic E-state index is 1.11. The first-order chi connectivity index (χ1) is 4.34. The fraction of sp³-hybridized carbons (Fsp3) is 0.143. The number of aromatic amines is 1. The third-order valence-electron chi connectivity index (χ3n) is 1.17. The van der Waals surface area contributed by atoms with Gasteiger partial charge in [0.2, 0.25) is 0 Å². The van der Waals surface area contributed by atoms with Gasteiger partial charge in [-0.15, -0.1) is 11.8 Å². The number of H-pyrrole nitrogens is 1. The summed E-state index contributed by atoms with van der Waals surface area (Å²) in [6.07, 6.45) is 5.87. The summed E-state index contributed by atoms with van der Waals surface area (Å²) in [6.45, 7) is 3.86. The van der Waals surface area contributed by atoms with Crippen LogP contribution in [0.15, 0.2) is 25.0 Å². The van der Waals surface area contributed by atoms with Crippen LogP contribution < -0.4 is 0 Å². The van der Waals surface area contributed by atoms with Crippen molar-refractivity contribution in [1.82, 2.24) is 4.98 Å². The molecule has 1 rings (SSSR count). The third kappa shape index (κ3) is 1.39. The smallest absolute Gasteiger partial charge is 0.00891 e. The molecule has 0 fully saturated rings. The topological polar surface area (TPSA) is 15.8 Å². The second kappa shape index (κ2) is 2.78. The summed E-state index contributed by atoms with van der Waals surface area (Å²) >= 11 is 1.67. The highest BCUT2D eigenvalue weighted by atomic mass is 32.2. The molecule has 48 valence electrons. The minimum Gasteiger partial charge on any atom is -0.367 e. The first-order valence-electron chi connectivity index (χ1n) is 2.70. The maximum absolute atomic E-state index is 3.86. The van der Waals surface area contributed by atoms with Crippen molar-refractivity contribution in [3.63, 3.8) is 0 Å². The van der Waals surface area contributed by atoms with E-state index < -0.39 is 0 Å². The molecule has 0 saturated carbocycles. The highest BCUT2D eigenvalue weighted by Crippen LogP contribution is 2.21. The Balaban J connectivity index is 2.77. The Bertz CT molecular complexity index is 189. The Labute approximate surface area is 59.2 Å². The quantitative estimate of drug-likeness (QED) is 0.665. The summed E-state index contributed by atoms with van der Waals surface area (Å²) in [5, 5.41) is 0. The Morgan fingerprint density at radius 3 is 3.00 bits per heavy atom. The monoisotopic (exact) mass is 139 g/mol. The molecule has 0 amide bonds. The SMILES string of the molecule is C=C(SC)c1cc[nH]c1. The Hall–Kier alpha value is -0.630. The Kier molecular flexibility index (Phi) is 2.01. The molecule has 0 bridgehead atoms. The van der Waals surface area contributed by atoms with E-state index >= 15 is 0 Å². The summed E-state index contributed by atoms with van der Waals surface area (Å²) in [5.74, 6) is 0. The molecule has 1 aromatic rings. The maximum Gasteiger partial charge on any atom is 0.00891 e. The van der Waals surface area contributed by atoms with Gasteiger partial charge in [0.15, 0.2) is 0 Å². The van der Waals surface area contributed by atoms with E-state index in [1.807, 2.05) is 24.7 Å². The lowest BCUT2D eigenvalue weighted by atomic mass is 10.3. The Morgan fingerprint density at radius 2 is 2.56 bits per heavy atom. The van der Waals surface area contributed by atoms with Crippen LogP contribution in [0.3, 0.4) is 0 Å². The number of hydrogen-bond acceptors (Lipinski definition) is 1. The highest BCUT2D eigenvalue weighted by molar-refractivity contribution is 8.07. The van der Waals surface area contributed by atoms with E-state index in [1.54, 1.807) is 11.8 Å². The van der Waals surface area contributed by atoms with Gasteiger partial charge in [-0.05, 0) is 12.3 Å². The van der Waals surface area contributed by atoms with Gasteiger partial charge in [0, 0.05) is 22.9 Å². The minimum atomic E-state index is 1.11. The fourth-order valence-corrected chi connectivity index (χ4v) is 0.978. The zero-order valence-corrected chi connectivity index (χ0v) is 6.16. The largest absolute Gasteiger partial charge is 0.367 e. The average Bonchev–Trinajstić information content (AvgIpc) is 2.37. The first-order valence-corrected chi connectivity index (χ1v) is 3.93. The highest BCUT2D eigenvalue weighted by Gasteiger charge is 1.93. The molecule has 0 saturated heterocycles. The van der Waals surface area contributed by atoms with E-state index in [9.17, 15) is 0 Å². The van der Waals surface area contributed by atoms with Crippen molar-refractivity contribution in [3.8, 4) is 0 Å². The van der Waals surface area contributed by atoms with Gasteiger partial charge in [-0.2, -0.15) is 0 Å². The van der Waals surface area contributed by atoms with Crippen LogP contribution in [0.4, 0.5) is 0 Å². The molecule has 2 heteroatoms. The number of aromatic nitrogens is 1. The van der Waals surface area contributed by atoms with Crippen molar-refractivity contribution >= 4 is 16.7 Å². The van der Waals surface area contributed by atoms with Gasteiger partial charge in [-0.1, -0.05) is 6.58 Å². The third-order valence-corrected chi connectivity index (χ3v) is 1.89. The summed E-state index contributed by atoms with van der Waals surface area (Å²) in [6, 6.07) is 2.01. The maximum atomic E-state index is 3.86. The number of thioether (sulfide) groups is 1. The molecule has 9 heavy (non-hydrogen) atoms. The average molecular weight is 139 g/mol.